The van der Waals surface area contributed by atoms with Crippen LogP contribution in [-0.2, 0) is 17.9 Å². The molecule has 0 radical (unpaired) electrons. The van der Waals surface area contributed by atoms with E-state index in [0.29, 0.717) is 37.1 Å². The number of rotatable bonds is 9. The fraction of sp³-hybridized carbons (Fsp3) is 0.259. The fourth-order valence-electron chi connectivity index (χ4n) is 3.75. The number of nitrogens with zero attached hydrogens (tertiary/aromatic N) is 2. The molecule has 0 aliphatic carbocycles. The van der Waals surface area contributed by atoms with Crippen LogP contribution >= 0.6 is 39.1 Å². The number of hydrogen-bond acceptors (Lipinski definition) is 6. The number of methoxy groups -OCH3 is 1. The quantitative estimate of drug-likeness (QED) is 0.241. The highest BCUT2D eigenvalue weighted by Crippen LogP contribution is 2.37. The Morgan fingerprint density at radius 3 is 2.51 bits per heavy atom. The number of carbonyl (C=O) groups excluding carboxylic acids is 1. The molecule has 1 aliphatic rings. The summed E-state index contributed by atoms with van der Waals surface area (Å²) in [4.78, 5) is 14.9. The number of carbonyl (C=O) groups is 1. The van der Waals surface area contributed by atoms with Gasteiger partial charge in [-0.15, -0.1) is 0 Å². The van der Waals surface area contributed by atoms with Crippen molar-refractivity contribution in [2.75, 3.05) is 33.4 Å². The zero-order valence-corrected chi connectivity index (χ0v) is 23.3. The Labute approximate surface area is 234 Å². The first-order valence-electron chi connectivity index (χ1n) is 11.6. The number of amides is 1. The van der Waals surface area contributed by atoms with E-state index in [2.05, 4.69) is 31.4 Å². The van der Waals surface area contributed by atoms with Gasteiger partial charge in [-0.05, 0) is 69.0 Å². The lowest BCUT2D eigenvalue weighted by atomic mass is 10.1. The average Bonchev–Trinajstić information content (AvgIpc) is 2.90. The van der Waals surface area contributed by atoms with Crippen molar-refractivity contribution in [2.24, 2.45) is 5.10 Å². The Morgan fingerprint density at radius 2 is 1.81 bits per heavy atom. The number of halogens is 3. The molecule has 0 saturated carbocycles. The van der Waals surface area contributed by atoms with Crippen molar-refractivity contribution in [1.82, 2.24) is 10.3 Å². The SMILES string of the molecule is COc1cc(/C=N\NC(=O)c2ccc(CN3CCOCC3)cc2)cc(Br)c1OCc1ccc(Cl)c(Cl)c1. The van der Waals surface area contributed by atoms with E-state index >= 15 is 0 Å². The molecule has 1 amide bonds. The molecule has 0 atom stereocenters. The van der Waals surface area contributed by atoms with E-state index in [1.54, 1.807) is 43.7 Å². The lowest BCUT2D eigenvalue weighted by molar-refractivity contribution is 0.0342. The van der Waals surface area contributed by atoms with Gasteiger partial charge in [-0.25, -0.2) is 5.43 Å². The highest BCUT2D eigenvalue weighted by Gasteiger charge is 2.13. The minimum Gasteiger partial charge on any atom is -0.493 e. The molecule has 0 bridgehead atoms. The van der Waals surface area contributed by atoms with Crippen LogP contribution in [0.1, 0.15) is 27.0 Å². The van der Waals surface area contributed by atoms with Gasteiger partial charge < -0.3 is 14.2 Å². The topological polar surface area (TPSA) is 72.4 Å². The Balaban J connectivity index is 1.34. The molecule has 1 N–H and O–H groups in total. The highest BCUT2D eigenvalue weighted by atomic mass is 79.9. The highest BCUT2D eigenvalue weighted by molar-refractivity contribution is 9.10. The second kappa shape index (κ2) is 13.3. The van der Waals surface area contributed by atoms with Gasteiger partial charge in [-0.1, -0.05) is 41.4 Å². The number of nitrogens with one attached hydrogen (secondary N) is 1. The van der Waals surface area contributed by atoms with Crippen molar-refractivity contribution in [3.05, 3.63) is 91.4 Å². The van der Waals surface area contributed by atoms with Crippen molar-refractivity contribution in [3.63, 3.8) is 0 Å². The number of hydrogen-bond donors (Lipinski definition) is 1. The molecule has 3 aromatic carbocycles. The van der Waals surface area contributed by atoms with E-state index in [1.165, 1.54) is 0 Å². The Kier molecular flexibility index (Phi) is 9.82. The van der Waals surface area contributed by atoms with Crippen LogP contribution in [0, 0.1) is 0 Å². The first kappa shape index (κ1) is 27.4. The van der Waals surface area contributed by atoms with Gasteiger partial charge in [0.25, 0.3) is 5.91 Å². The zero-order chi connectivity index (χ0) is 26.2. The van der Waals surface area contributed by atoms with Crippen LogP contribution in [0.5, 0.6) is 11.5 Å². The molecule has 0 spiro atoms. The van der Waals surface area contributed by atoms with Crippen LogP contribution in [0.2, 0.25) is 10.0 Å². The van der Waals surface area contributed by atoms with Crippen LogP contribution in [0.15, 0.2) is 64.2 Å². The van der Waals surface area contributed by atoms with Crippen LogP contribution in [0.3, 0.4) is 0 Å². The summed E-state index contributed by atoms with van der Waals surface area (Å²) in [5, 5.41) is 5.05. The summed E-state index contributed by atoms with van der Waals surface area (Å²) in [7, 11) is 1.55. The Bertz CT molecular complexity index is 1270. The largest absolute Gasteiger partial charge is 0.493 e. The predicted molar refractivity (Wildman–Crippen MR) is 149 cm³/mol. The molecule has 0 unspecified atom stereocenters. The third-order valence-electron chi connectivity index (χ3n) is 5.72. The van der Waals surface area contributed by atoms with Crippen LogP contribution < -0.4 is 14.9 Å². The molecule has 194 valence electrons. The second-order valence-electron chi connectivity index (χ2n) is 8.36. The van der Waals surface area contributed by atoms with E-state index in [1.807, 2.05) is 24.3 Å². The molecule has 7 nitrogen and oxygen atoms in total. The summed E-state index contributed by atoms with van der Waals surface area (Å²) >= 11 is 15.6. The Morgan fingerprint density at radius 1 is 1.08 bits per heavy atom. The number of ether oxygens (including phenoxy) is 3. The first-order chi connectivity index (χ1) is 17.9. The normalized spacial score (nSPS) is 14.1. The third-order valence-corrected chi connectivity index (χ3v) is 7.05. The van der Waals surface area contributed by atoms with Gasteiger partial charge in [0, 0.05) is 25.2 Å². The lowest BCUT2D eigenvalue weighted by Crippen LogP contribution is -2.35. The molecular formula is C27H26BrCl2N3O4. The number of morpholine rings is 1. The molecule has 0 aromatic heterocycles. The maximum Gasteiger partial charge on any atom is 0.271 e. The van der Waals surface area contributed by atoms with Crippen molar-refractivity contribution in [1.29, 1.82) is 0 Å². The molecule has 37 heavy (non-hydrogen) atoms. The van der Waals surface area contributed by atoms with E-state index in [9.17, 15) is 4.79 Å². The van der Waals surface area contributed by atoms with Gasteiger partial charge in [0.1, 0.15) is 6.61 Å². The van der Waals surface area contributed by atoms with Crippen molar-refractivity contribution in [2.45, 2.75) is 13.2 Å². The average molecular weight is 607 g/mol. The van der Waals surface area contributed by atoms with Gasteiger partial charge in [0.15, 0.2) is 11.5 Å². The van der Waals surface area contributed by atoms with Crippen LogP contribution in [-0.4, -0.2) is 50.4 Å². The fourth-order valence-corrected chi connectivity index (χ4v) is 4.64. The molecule has 4 rings (SSSR count). The molecule has 10 heteroatoms. The second-order valence-corrected chi connectivity index (χ2v) is 10.0. The van der Waals surface area contributed by atoms with E-state index in [-0.39, 0.29) is 12.5 Å². The van der Waals surface area contributed by atoms with Crippen LogP contribution in [0.25, 0.3) is 0 Å². The predicted octanol–water partition coefficient (Wildman–Crippen LogP) is 5.94. The summed E-state index contributed by atoms with van der Waals surface area (Å²) in [6.45, 7) is 4.48. The minimum atomic E-state index is -0.290. The van der Waals surface area contributed by atoms with Crippen molar-refractivity contribution in [3.8, 4) is 11.5 Å². The molecular weight excluding hydrogens is 581 g/mol. The summed E-state index contributed by atoms with van der Waals surface area (Å²) in [5.41, 5.74) is 5.84. The van der Waals surface area contributed by atoms with Gasteiger partial charge in [-0.2, -0.15) is 5.10 Å². The molecule has 1 heterocycles. The first-order valence-corrected chi connectivity index (χ1v) is 13.1. The standard InChI is InChI=1S/C27H26BrCl2N3O4/c1-35-25-14-20(12-22(28)26(25)37-17-19-4-7-23(29)24(30)13-19)15-31-32-27(34)21-5-2-18(3-6-21)16-33-8-10-36-11-9-33/h2-7,12-15H,8-11,16-17H2,1H3,(H,32,34)/b31-15-. The Hall–Kier alpha value is -2.62. The smallest absolute Gasteiger partial charge is 0.271 e. The number of benzene rings is 3. The van der Waals surface area contributed by atoms with Crippen molar-refractivity contribution < 1.29 is 19.0 Å². The van der Waals surface area contributed by atoms with Gasteiger partial charge >= 0.3 is 0 Å². The summed E-state index contributed by atoms with van der Waals surface area (Å²) in [6.07, 6.45) is 1.54. The summed E-state index contributed by atoms with van der Waals surface area (Å²) in [5.74, 6) is 0.756. The van der Waals surface area contributed by atoms with E-state index < -0.39 is 0 Å². The van der Waals surface area contributed by atoms with Crippen molar-refractivity contribution >= 4 is 51.3 Å². The minimum absolute atomic E-state index is 0.278. The molecule has 1 saturated heterocycles. The van der Waals surface area contributed by atoms with Gasteiger partial charge in [-0.3, -0.25) is 9.69 Å². The lowest BCUT2D eigenvalue weighted by Gasteiger charge is -2.26. The van der Waals surface area contributed by atoms with E-state index in [0.717, 1.165) is 44.0 Å². The maximum atomic E-state index is 12.5. The monoisotopic (exact) mass is 605 g/mol. The van der Waals surface area contributed by atoms with Crippen LogP contribution in [0.4, 0.5) is 0 Å². The number of hydrazone groups is 1. The van der Waals surface area contributed by atoms with Gasteiger partial charge in [0.2, 0.25) is 0 Å². The summed E-state index contributed by atoms with van der Waals surface area (Å²) in [6, 6.07) is 16.5. The molecule has 1 fully saturated rings. The van der Waals surface area contributed by atoms with Gasteiger partial charge in [0.05, 0.1) is 41.1 Å². The summed E-state index contributed by atoms with van der Waals surface area (Å²) < 4.78 is 17.5. The molecule has 1 aliphatic heterocycles. The zero-order valence-electron chi connectivity index (χ0n) is 20.2. The van der Waals surface area contributed by atoms with E-state index in [4.69, 9.17) is 37.4 Å². The molecule has 3 aromatic rings. The maximum absolute atomic E-state index is 12.5. The third kappa shape index (κ3) is 7.69.